The molecule has 3 aromatic carbocycles. The summed E-state index contributed by atoms with van der Waals surface area (Å²) in [7, 11) is 1.67. The predicted molar refractivity (Wildman–Crippen MR) is 128 cm³/mol. The number of hydrogen-bond donors (Lipinski definition) is 0. The van der Waals surface area contributed by atoms with E-state index in [1.807, 2.05) is 47.1 Å². The molecule has 8 heteroatoms. The molecule has 0 aliphatic carbocycles. The highest BCUT2D eigenvalue weighted by Gasteiger charge is 2.30. The van der Waals surface area contributed by atoms with Gasteiger partial charge in [-0.1, -0.05) is 42.5 Å². The molecule has 1 atom stereocenters. The van der Waals surface area contributed by atoms with Crippen molar-refractivity contribution in [1.82, 2.24) is 25.1 Å². The van der Waals surface area contributed by atoms with Crippen LogP contribution in [0, 0.1) is 5.82 Å². The second-order valence-electron chi connectivity index (χ2n) is 8.36. The monoisotopic (exact) mass is 458 g/mol. The zero-order chi connectivity index (χ0) is 23.3. The lowest BCUT2D eigenvalue weighted by Crippen LogP contribution is -2.48. The summed E-state index contributed by atoms with van der Waals surface area (Å²) in [6.07, 6.45) is 0. The van der Waals surface area contributed by atoms with Crippen molar-refractivity contribution in [3.8, 4) is 5.75 Å². The fourth-order valence-electron chi connectivity index (χ4n) is 4.48. The molecule has 0 bridgehead atoms. The molecule has 7 nitrogen and oxygen atoms in total. The molecule has 0 N–H and O–H groups in total. The van der Waals surface area contributed by atoms with Gasteiger partial charge in [0.15, 0.2) is 5.82 Å². The van der Waals surface area contributed by atoms with Gasteiger partial charge in [0.05, 0.1) is 19.7 Å². The number of tetrazole rings is 1. The third-order valence-corrected chi connectivity index (χ3v) is 6.28. The van der Waals surface area contributed by atoms with Gasteiger partial charge in [-0.2, -0.15) is 0 Å². The first-order valence-corrected chi connectivity index (χ1v) is 11.4. The summed E-state index contributed by atoms with van der Waals surface area (Å²) in [6.45, 7) is 3.92. The van der Waals surface area contributed by atoms with E-state index < -0.39 is 0 Å². The highest BCUT2D eigenvalue weighted by Crippen LogP contribution is 2.30. The highest BCUT2D eigenvalue weighted by atomic mass is 19.1. The van der Waals surface area contributed by atoms with Crippen LogP contribution in [0.1, 0.15) is 23.0 Å². The molecule has 0 unspecified atom stereocenters. The highest BCUT2D eigenvalue weighted by molar-refractivity contribution is 5.47. The van der Waals surface area contributed by atoms with Crippen LogP contribution in [0.3, 0.4) is 0 Å². The van der Waals surface area contributed by atoms with Crippen molar-refractivity contribution < 1.29 is 9.13 Å². The van der Waals surface area contributed by atoms with Crippen LogP contribution in [0.2, 0.25) is 0 Å². The molecular formula is C26H27FN6O. The SMILES string of the molecule is COc1ccc([C@H](c2nnnn2Cc2ccccc2)N2CCN(c3ccc(F)cc3)CC2)cc1. The second-order valence-corrected chi connectivity index (χ2v) is 8.36. The lowest BCUT2D eigenvalue weighted by atomic mass is 10.0. The van der Waals surface area contributed by atoms with Crippen LogP contribution in [0.15, 0.2) is 78.9 Å². The molecule has 0 spiro atoms. The molecule has 1 aliphatic heterocycles. The molecule has 5 rings (SSSR count). The topological polar surface area (TPSA) is 59.3 Å². The van der Waals surface area contributed by atoms with E-state index in [0.717, 1.165) is 54.6 Å². The van der Waals surface area contributed by atoms with E-state index in [1.54, 1.807) is 7.11 Å². The van der Waals surface area contributed by atoms with Crippen LogP contribution in [-0.4, -0.2) is 58.4 Å². The number of benzene rings is 3. The summed E-state index contributed by atoms with van der Waals surface area (Å²) in [5.74, 6) is 1.41. The molecule has 34 heavy (non-hydrogen) atoms. The largest absolute Gasteiger partial charge is 0.497 e. The predicted octanol–water partition coefficient (Wildman–Crippen LogP) is 3.78. The summed E-state index contributed by atoms with van der Waals surface area (Å²) in [6, 6.07) is 24.9. The summed E-state index contributed by atoms with van der Waals surface area (Å²) in [5.41, 5.74) is 3.29. The minimum absolute atomic E-state index is 0.0972. The van der Waals surface area contributed by atoms with Gasteiger partial charge in [0, 0.05) is 31.9 Å². The van der Waals surface area contributed by atoms with Gasteiger partial charge in [-0.15, -0.1) is 5.10 Å². The van der Waals surface area contributed by atoms with E-state index in [2.05, 4.69) is 49.6 Å². The first kappa shape index (κ1) is 22.0. The summed E-state index contributed by atoms with van der Waals surface area (Å²) < 4.78 is 20.6. The Hall–Kier alpha value is -3.78. The minimum Gasteiger partial charge on any atom is -0.497 e. The summed E-state index contributed by atoms with van der Waals surface area (Å²) in [5, 5.41) is 12.8. The lowest BCUT2D eigenvalue weighted by molar-refractivity contribution is 0.201. The molecule has 0 saturated carbocycles. The number of piperazine rings is 1. The normalized spacial score (nSPS) is 15.3. The number of ether oxygens (including phenoxy) is 1. The number of nitrogens with zero attached hydrogens (tertiary/aromatic N) is 6. The average Bonchev–Trinajstić information content (AvgIpc) is 3.33. The van der Waals surface area contributed by atoms with Crippen LogP contribution < -0.4 is 9.64 Å². The number of halogens is 1. The van der Waals surface area contributed by atoms with Gasteiger partial charge in [-0.3, -0.25) is 4.90 Å². The number of rotatable bonds is 7. The van der Waals surface area contributed by atoms with Crippen LogP contribution in [0.4, 0.5) is 10.1 Å². The maximum atomic E-state index is 13.4. The van der Waals surface area contributed by atoms with Crippen LogP contribution in [-0.2, 0) is 6.54 Å². The van der Waals surface area contributed by atoms with Crippen LogP contribution >= 0.6 is 0 Å². The van der Waals surface area contributed by atoms with Gasteiger partial charge in [0.1, 0.15) is 11.6 Å². The molecule has 2 heterocycles. The van der Waals surface area contributed by atoms with Crippen molar-refractivity contribution in [1.29, 1.82) is 0 Å². The third-order valence-electron chi connectivity index (χ3n) is 6.28. The minimum atomic E-state index is -0.216. The molecule has 0 radical (unpaired) electrons. The van der Waals surface area contributed by atoms with E-state index in [0.29, 0.717) is 6.54 Å². The second kappa shape index (κ2) is 10.0. The van der Waals surface area contributed by atoms with Crippen molar-refractivity contribution in [2.75, 3.05) is 38.2 Å². The van der Waals surface area contributed by atoms with E-state index in [-0.39, 0.29) is 11.9 Å². The summed E-state index contributed by atoms with van der Waals surface area (Å²) >= 11 is 0. The van der Waals surface area contributed by atoms with Gasteiger partial charge in [0.25, 0.3) is 0 Å². The smallest absolute Gasteiger partial charge is 0.173 e. The number of aromatic nitrogens is 4. The standard InChI is InChI=1S/C26H27FN6O/c1-34-24-13-7-21(8-14-24)25(26-28-29-30-33(26)19-20-5-3-2-4-6-20)32-17-15-31(16-18-32)23-11-9-22(27)10-12-23/h2-14,25H,15-19H2,1H3/t25-/m1/s1. The van der Waals surface area contributed by atoms with Crippen molar-refractivity contribution >= 4 is 5.69 Å². The van der Waals surface area contributed by atoms with Gasteiger partial charge >= 0.3 is 0 Å². The molecular weight excluding hydrogens is 431 g/mol. The number of anilines is 1. The Morgan fingerprint density at radius 2 is 1.59 bits per heavy atom. The zero-order valence-corrected chi connectivity index (χ0v) is 19.1. The Morgan fingerprint density at radius 3 is 2.26 bits per heavy atom. The fourth-order valence-corrected chi connectivity index (χ4v) is 4.48. The van der Waals surface area contributed by atoms with E-state index in [1.165, 1.54) is 12.1 Å². The van der Waals surface area contributed by atoms with E-state index in [9.17, 15) is 4.39 Å². The fraction of sp³-hybridized carbons (Fsp3) is 0.269. The first-order valence-electron chi connectivity index (χ1n) is 11.4. The molecule has 1 saturated heterocycles. The maximum absolute atomic E-state index is 13.4. The van der Waals surface area contributed by atoms with Gasteiger partial charge in [-0.05, 0) is 58.0 Å². The third kappa shape index (κ3) is 4.77. The molecule has 1 fully saturated rings. The lowest BCUT2D eigenvalue weighted by Gasteiger charge is -2.40. The Morgan fingerprint density at radius 1 is 0.882 bits per heavy atom. The molecule has 1 aromatic heterocycles. The Kier molecular flexibility index (Phi) is 6.49. The van der Waals surface area contributed by atoms with Gasteiger partial charge < -0.3 is 9.64 Å². The molecule has 0 amide bonds. The molecule has 174 valence electrons. The Bertz CT molecular complexity index is 1190. The Labute approximate surface area is 198 Å². The number of hydrogen-bond acceptors (Lipinski definition) is 6. The number of methoxy groups -OCH3 is 1. The van der Waals surface area contributed by atoms with E-state index in [4.69, 9.17) is 4.74 Å². The average molecular weight is 459 g/mol. The zero-order valence-electron chi connectivity index (χ0n) is 19.1. The van der Waals surface area contributed by atoms with Gasteiger partial charge in [-0.25, -0.2) is 9.07 Å². The van der Waals surface area contributed by atoms with Crippen molar-refractivity contribution in [2.24, 2.45) is 0 Å². The van der Waals surface area contributed by atoms with Crippen molar-refractivity contribution in [3.63, 3.8) is 0 Å². The van der Waals surface area contributed by atoms with Crippen LogP contribution in [0.5, 0.6) is 5.75 Å². The molecule has 1 aliphatic rings. The van der Waals surface area contributed by atoms with E-state index >= 15 is 0 Å². The maximum Gasteiger partial charge on any atom is 0.173 e. The van der Waals surface area contributed by atoms with Gasteiger partial charge in [0.2, 0.25) is 0 Å². The van der Waals surface area contributed by atoms with Crippen molar-refractivity contribution in [2.45, 2.75) is 12.6 Å². The summed E-state index contributed by atoms with van der Waals surface area (Å²) in [4.78, 5) is 4.70. The quantitative estimate of drug-likeness (QED) is 0.420. The first-order chi connectivity index (χ1) is 16.7. The Balaban J connectivity index is 1.42. The van der Waals surface area contributed by atoms with Crippen LogP contribution in [0.25, 0.3) is 0 Å². The molecule has 4 aromatic rings. The van der Waals surface area contributed by atoms with Crippen molar-refractivity contribution in [3.05, 3.63) is 102 Å².